The zero-order valence-corrected chi connectivity index (χ0v) is 17.6. The predicted octanol–water partition coefficient (Wildman–Crippen LogP) is -6.55. The third-order valence-corrected chi connectivity index (χ3v) is 6.05. The lowest BCUT2D eigenvalue weighted by atomic mass is 9.96. The van der Waals surface area contributed by atoms with E-state index in [9.17, 15) is 51.1 Å². The van der Waals surface area contributed by atoms with E-state index in [1.165, 1.54) is 6.92 Å². The monoisotopic (exact) mass is 488 g/mol. The van der Waals surface area contributed by atoms with E-state index in [1.54, 1.807) is 0 Å². The molecule has 0 aromatic rings. The zero-order valence-electron chi connectivity index (χ0n) is 17.6. The highest BCUT2D eigenvalue weighted by molar-refractivity contribution is 4.95. The van der Waals surface area contributed by atoms with Crippen LogP contribution in [0.15, 0.2) is 0 Å². The molecule has 0 saturated carbocycles. The molecule has 10 N–H and O–H groups in total. The van der Waals surface area contributed by atoms with Gasteiger partial charge in [0, 0.05) is 0 Å². The minimum atomic E-state index is -1.83. The van der Waals surface area contributed by atoms with Crippen molar-refractivity contribution >= 4 is 0 Å². The molecule has 0 aromatic heterocycles. The van der Waals surface area contributed by atoms with Crippen molar-refractivity contribution in [2.24, 2.45) is 0 Å². The Balaban J connectivity index is 1.83. The number of hydrogen-bond acceptors (Lipinski definition) is 15. The van der Waals surface area contributed by atoms with E-state index in [0.29, 0.717) is 0 Å². The van der Waals surface area contributed by atoms with E-state index in [4.69, 9.17) is 23.7 Å². The summed E-state index contributed by atoms with van der Waals surface area (Å²) in [7, 11) is 0. The zero-order chi connectivity index (χ0) is 24.6. The van der Waals surface area contributed by atoms with Crippen LogP contribution >= 0.6 is 0 Å². The van der Waals surface area contributed by atoms with Gasteiger partial charge in [-0.2, -0.15) is 0 Å². The highest BCUT2D eigenvalue weighted by atomic mass is 16.8. The van der Waals surface area contributed by atoms with Crippen molar-refractivity contribution in [3.05, 3.63) is 0 Å². The number of aliphatic hydroxyl groups is 10. The quantitative estimate of drug-likeness (QED) is 0.167. The second kappa shape index (κ2) is 11.0. The maximum atomic E-state index is 10.6. The Bertz CT molecular complexity index is 624. The largest absolute Gasteiger partial charge is 0.394 e. The highest BCUT2D eigenvalue weighted by Crippen LogP contribution is 2.32. The van der Waals surface area contributed by atoms with Gasteiger partial charge in [0.25, 0.3) is 0 Å². The first-order chi connectivity index (χ1) is 15.5. The van der Waals surface area contributed by atoms with Gasteiger partial charge < -0.3 is 74.7 Å². The summed E-state index contributed by atoms with van der Waals surface area (Å²) >= 11 is 0. The van der Waals surface area contributed by atoms with Crippen molar-refractivity contribution in [1.82, 2.24) is 0 Å². The highest BCUT2D eigenvalue weighted by Gasteiger charge is 2.53. The standard InChI is InChI=1S/C18H32O15/c1-4-7(21)9(23)13(27)17(29-4)33-15-10(24)8(22)5(2-19)31-18(15)32-14-6(3-20)30-16(28)12(26)11(14)25/h4-28H,2-3H2,1H3/t4?,5?,6?,7-,8+,9?,10?,11?,12+,13+,14-,15?,16?,17+,18+/m1/s1. The van der Waals surface area contributed by atoms with Crippen LogP contribution in [0.2, 0.25) is 0 Å². The summed E-state index contributed by atoms with van der Waals surface area (Å²) in [6, 6.07) is 0. The molecule has 0 radical (unpaired) electrons. The molecule has 15 nitrogen and oxygen atoms in total. The van der Waals surface area contributed by atoms with E-state index in [-0.39, 0.29) is 0 Å². The molecule has 15 heteroatoms. The molecule has 3 fully saturated rings. The van der Waals surface area contributed by atoms with Gasteiger partial charge in [-0.1, -0.05) is 0 Å². The second-order valence-corrected chi connectivity index (χ2v) is 8.32. The average molecular weight is 488 g/mol. The van der Waals surface area contributed by atoms with Crippen LogP contribution in [-0.2, 0) is 23.7 Å². The summed E-state index contributed by atoms with van der Waals surface area (Å²) in [6.07, 6.45) is -24.1. The Morgan fingerprint density at radius 1 is 0.545 bits per heavy atom. The lowest BCUT2D eigenvalue weighted by Gasteiger charge is -2.48. The fourth-order valence-corrected chi connectivity index (χ4v) is 3.98. The van der Waals surface area contributed by atoms with Gasteiger partial charge in [-0.05, 0) is 6.92 Å². The molecule has 194 valence electrons. The SMILES string of the molecule is CC1O[C@@H](OC2C(O)[C@@H](O)C(CO)O[C@H]2O[C@@H]2C(CO)OC(O)[C@@H](O)C2O)[C@@H](O)C(O)[C@@H]1O. The minimum absolute atomic E-state index is 0.760. The van der Waals surface area contributed by atoms with Crippen molar-refractivity contribution in [2.75, 3.05) is 13.2 Å². The van der Waals surface area contributed by atoms with Gasteiger partial charge in [-0.3, -0.25) is 0 Å². The first kappa shape index (κ1) is 27.0. The molecule has 0 spiro atoms. The molecule has 8 unspecified atom stereocenters. The molecule has 3 heterocycles. The van der Waals surface area contributed by atoms with E-state index in [1.807, 2.05) is 0 Å². The van der Waals surface area contributed by atoms with E-state index in [2.05, 4.69) is 0 Å². The van der Waals surface area contributed by atoms with Crippen LogP contribution in [0, 0.1) is 0 Å². The molecule has 0 bridgehead atoms. The Labute approximate surface area is 187 Å². The molecule has 3 aliphatic heterocycles. The van der Waals surface area contributed by atoms with E-state index >= 15 is 0 Å². The molecule has 15 atom stereocenters. The topological polar surface area (TPSA) is 248 Å². The second-order valence-electron chi connectivity index (χ2n) is 8.32. The fourth-order valence-electron chi connectivity index (χ4n) is 3.98. The van der Waals surface area contributed by atoms with Crippen molar-refractivity contribution in [1.29, 1.82) is 0 Å². The van der Waals surface area contributed by atoms with Crippen LogP contribution in [0.3, 0.4) is 0 Å². The Hall–Kier alpha value is -0.600. The van der Waals surface area contributed by atoms with Crippen LogP contribution in [0.4, 0.5) is 0 Å². The number of aliphatic hydroxyl groups excluding tert-OH is 10. The van der Waals surface area contributed by atoms with Crippen molar-refractivity contribution in [2.45, 2.75) is 99.0 Å². The molecule has 3 aliphatic rings. The first-order valence-corrected chi connectivity index (χ1v) is 10.4. The van der Waals surface area contributed by atoms with Crippen LogP contribution in [0.25, 0.3) is 0 Å². The van der Waals surface area contributed by atoms with Crippen molar-refractivity contribution in [3.8, 4) is 0 Å². The summed E-state index contributed by atoms with van der Waals surface area (Å²) in [4.78, 5) is 0. The van der Waals surface area contributed by atoms with Crippen LogP contribution in [0.5, 0.6) is 0 Å². The molecule has 0 amide bonds. The third-order valence-electron chi connectivity index (χ3n) is 6.05. The van der Waals surface area contributed by atoms with Gasteiger partial charge in [0.05, 0.1) is 19.3 Å². The summed E-state index contributed by atoms with van der Waals surface area (Å²) in [5.41, 5.74) is 0. The Morgan fingerprint density at radius 3 is 1.73 bits per heavy atom. The van der Waals surface area contributed by atoms with Gasteiger partial charge in [0.2, 0.25) is 0 Å². The molecule has 0 aliphatic carbocycles. The van der Waals surface area contributed by atoms with E-state index < -0.39 is 105 Å². The fraction of sp³-hybridized carbons (Fsp3) is 1.00. The Kier molecular flexibility index (Phi) is 8.99. The smallest absolute Gasteiger partial charge is 0.187 e. The first-order valence-electron chi connectivity index (χ1n) is 10.4. The van der Waals surface area contributed by atoms with E-state index in [0.717, 1.165) is 0 Å². The minimum Gasteiger partial charge on any atom is -0.394 e. The number of hydrogen-bond donors (Lipinski definition) is 10. The van der Waals surface area contributed by atoms with Crippen LogP contribution in [-0.4, -0.2) is 156 Å². The molecule has 0 aromatic carbocycles. The van der Waals surface area contributed by atoms with Crippen LogP contribution < -0.4 is 0 Å². The number of rotatable bonds is 6. The van der Waals surface area contributed by atoms with Crippen molar-refractivity contribution < 1.29 is 74.7 Å². The molecular weight excluding hydrogens is 456 g/mol. The molecular formula is C18H32O15. The summed E-state index contributed by atoms with van der Waals surface area (Å²) in [6.45, 7) is -0.128. The van der Waals surface area contributed by atoms with Gasteiger partial charge in [0.15, 0.2) is 18.9 Å². The average Bonchev–Trinajstić information content (AvgIpc) is 2.80. The maximum Gasteiger partial charge on any atom is 0.187 e. The van der Waals surface area contributed by atoms with Gasteiger partial charge in [-0.25, -0.2) is 0 Å². The summed E-state index contributed by atoms with van der Waals surface area (Å²) in [5.74, 6) is 0. The molecule has 3 saturated heterocycles. The van der Waals surface area contributed by atoms with Crippen molar-refractivity contribution in [3.63, 3.8) is 0 Å². The third kappa shape index (κ3) is 5.32. The molecule has 3 rings (SSSR count). The summed E-state index contributed by atoms with van der Waals surface area (Å²) < 4.78 is 26.9. The van der Waals surface area contributed by atoms with Gasteiger partial charge in [-0.15, -0.1) is 0 Å². The van der Waals surface area contributed by atoms with Gasteiger partial charge >= 0.3 is 0 Å². The van der Waals surface area contributed by atoms with Gasteiger partial charge in [0.1, 0.15) is 67.1 Å². The lowest BCUT2D eigenvalue weighted by Crippen LogP contribution is -2.66. The maximum absolute atomic E-state index is 10.6. The predicted molar refractivity (Wildman–Crippen MR) is 99.8 cm³/mol. The number of ether oxygens (including phenoxy) is 5. The summed E-state index contributed by atoms with van der Waals surface area (Å²) in [5, 5.41) is 99.8. The molecule has 33 heavy (non-hydrogen) atoms. The van der Waals surface area contributed by atoms with Crippen LogP contribution in [0.1, 0.15) is 6.92 Å². The lowest BCUT2D eigenvalue weighted by molar-refractivity contribution is -0.385. The normalized spacial score (nSPS) is 53.7. The Morgan fingerprint density at radius 2 is 1.12 bits per heavy atom.